The fourth-order valence-corrected chi connectivity index (χ4v) is 5.45. The van der Waals surface area contributed by atoms with Crippen LogP contribution in [-0.4, -0.2) is 56.4 Å². The number of imidazole rings is 1. The predicted molar refractivity (Wildman–Crippen MR) is 129 cm³/mol. The Morgan fingerprint density at radius 3 is 2.82 bits per heavy atom. The van der Waals surface area contributed by atoms with E-state index in [1.54, 1.807) is 6.20 Å². The Morgan fingerprint density at radius 2 is 1.94 bits per heavy atom. The van der Waals surface area contributed by atoms with E-state index < -0.39 is 6.23 Å². The van der Waals surface area contributed by atoms with E-state index in [-0.39, 0.29) is 0 Å². The fourth-order valence-electron chi connectivity index (χ4n) is 5.45. The molecule has 0 aliphatic carbocycles. The van der Waals surface area contributed by atoms with E-state index in [0.717, 1.165) is 46.3 Å². The molecular weight excluding hydrogens is 414 g/mol. The van der Waals surface area contributed by atoms with Crippen LogP contribution in [-0.2, 0) is 0 Å². The average Bonchev–Trinajstić information content (AvgIpc) is 3.56. The lowest BCUT2D eigenvalue weighted by molar-refractivity contribution is 0.210. The summed E-state index contributed by atoms with van der Waals surface area (Å²) < 4.78 is 0. The number of benzene rings is 1. The van der Waals surface area contributed by atoms with Gasteiger partial charge in [-0.2, -0.15) is 0 Å². The Morgan fingerprint density at radius 1 is 1.06 bits per heavy atom. The number of aromatic nitrogens is 4. The molecule has 0 amide bonds. The van der Waals surface area contributed by atoms with Gasteiger partial charge in [0.2, 0.25) is 0 Å². The van der Waals surface area contributed by atoms with E-state index in [4.69, 9.17) is 4.98 Å². The predicted octanol–water partition coefficient (Wildman–Crippen LogP) is 2.73. The molecular formula is C25H25N7O. The minimum Gasteiger partial charge on any atom is -0.369 e. The summed E-state index contributed by atoms with van der Waals surface area (Å²) in [7, 11) is 0. The minimum atomic E-state index is -0.832. The number of dihydropyridines is 1. The molecule has 4 aromatic rings. The van der Waals surface area contributed by atoms with Crippen molar-refractivity contribution in [3.8, 4) is 0 Å². The van der Waals surface area contributed by atoms with Crippen molar-refractivity contribution >= 4 is 38.9 Å². The van der Waals surface area contributed by atoms with Gasteiger partial charge >= 0.3 is 0 Å². The van der Waals surface area contributed by atoms with Crippen molar-refractivity contribution in [2.24, 2.45) is 0 Å². The van der Waals surface area contributed by atoms with Crippen LogP contribution in [0.3, 0.4) is 0 Å². The van der Waals surface area contributed by atoms with Crippen LogP contribution in [0.25, 0.3) is 33.2 Å². The lowest BCUT2D eigenvalue weighted by Crippen LogP contribution is -2.51. The Hall–Kier alpha value is -3.62. The van der Waals surface area contributed by atoms with E-state index in [0.29, 0.717) is 23.5 Å². The molecule has 2 saturated heterocycles. The minimum absolute atomic E-state index is 0.590. The van der Waals surface area contributed by atoms with Crippen LogP contribution < -0.4 is 15.5 Å². The van der Waals surface area contributed by atoms with Crippen molar-refractivity contribution in [3.05, 3.63) is 66.4 Å². The third-order valence-electron chi connectivity index (χ3n) is 7.10. The van der Waals surface area contributed by atoms with E-state index in [1.807, 2.05) is 30.6 Å². The van der Waals surface area contributed by atoms with Crippen molar-refractivity contribution in [2.75, 3.05) is 18.0 Å². The second kappa shape index (κ2) is 7.19. The second-order valence-electron chi connectivity index (χ2n) is 9.20. The highest BCUT2D eigenvalue weighted by Gasteiger charge is 2.32. The first-order valence-corrected chi connectivity index (χ1v) is 11.5. The number of rotatable bonds is 3. The number of aliphatic hydroxyl groups excluding tert-OH is 1. The van der Waals surface area contributed by atoms with Gasteiger partial charge in [-0.05, 0) is 60.4 Å². The molecule has 3 aromatic heterocycles. The van der Waals surface area contributed by atoms with Crippen LogP contribution in [0.1, 0.15) is 24.2 Å². The van der Waals surface area contributed by atoms with E-state index in [9.17, 15) is 5.11 Å². The highest BCUT2D eigenvalue weighted by molar-refractivity contribution is 5.96. The summed E-state index contributed by atoms with van der Waals surface area (Å²) in [5.41, 5.74) is 6.66. The number of anilines is 1. The molecule has 166 valence electrons. The lowest BCUT2D eigenvalue weighted by atomic mass is 9.99. The highest BCUT2D eigenvalue weighted by atomic mass is 16.3. The number of aliphatic hydroxyl groups is 1. The third kappa shape index (κ3) is 3.13. The molecule has 3 aliphatic rings. The van der Waals surface area contributed by atoms with Crippen molar-refractivity contribution in [3.63, 3.8) is 0 Å². The molecule has 1 aromatic carbocycles. The van der Waals surface area contributed by atoms with Gasteiger partial charge in [-0.25, -0.2) is 9.97 Å². The summed E-state index contributed by atoms with van der Waals surface area (Å²) in [6.07, 6.45) is 9.21. The SMILES string of the molecule is OC1NC=C(c2ccnc3[nH]ccc23)C=C1c1nc2cc(N3CC4CCC(C3)N4)ccc2[nH]1. The summed E-state index contributed by atoms with van der Waals surface area (Å²) in [5.74, 6) is 0.674. The molecule has 3 unspecified atom stereocenters. The summed E-state index contributed by atoms with van der Waals surface area (Å²) in [6, 6.07) is 11.6. The summed E-state index contributed by atoms with van der Waals surface area (Å²) in [5, 5.41) is 18.5. The van der Waals surface area contributed by atoms with Gasteiger partial charge in [0, 0.05) is 60.4 Å². The quantitative estimate of drug-likeness (QED) is 0.336. The van der Waals surface area contributed by atoms with E-state index >= 15 is 0 Å². The van der Waals surface area contributed by atoms with Gasteiger partial charge in [-0.1, -0.05) is 0 Å². The zero-order chi connectivity index (χ0) is 21.9. The number of pyridine rings is 1. The molecule has 8 heteroatoms. The van der Waals surface area contributed by atoms with Crippen LogP contribution in [0.2, 0.25) is 0 Å². The number of H-pyrrole nitrogens is 2. The number of nitrogens with one attached hydrogen (secondary N) is 4. The number of nitrogens with zero attached hydrogens (tertiary/aromatic N) is 3. The number of hydrogen-bond donors (Lipinski definition) is 5. The van der Waals surface area contributed by atoms with Gasteiger partial charge in [-0.15, -0.1) is 0 Å². The molecule has 3 aliphatic heterocycles. The maximum absolute atomic E-state index is 10.7. The smallest absolute Gasteiger partial charge is 0.154 e. The summed E-state index contributed by atoms with van der Waals surface area (Å²) >= 11 is 0. The Kier molecular flexibility index (Phi) is 4.12. The van der Waals surface area contributed by atoms with Gasteiger partial charge in [0.15, 0.2) is 6.23 Å². The average molecular weight is 440 g/mol. The zero-order valence-corrected chi connectivity index (χ0v) is 18.0. The number of aromatic amines is 2. The van der Waals surface area contributed by atoms with Crippen molar-refractivity contribution in [1.29, 1.82) is 0 Å². The maximum Gasteiger partial charge on any atom is 0.154 e. The second-order valence-corrected chi connectivity index (χ2v) is 9.20. The number of fused-ring (bicyclic) bond motifs is 4. The maximum atomic E-state index is 10.7. The zero-order valence-electron chi connectivity index (χ0n) is 18.0. The van der Waals surface area contributed by atoms with Crippen LogP contribution in [0.4, 0.5) is 5.69 Å². The Balaban J connectivity index is 1.24. The van der Waals surface area contributed by atoms with Crippen LogP contribution in [0.15, 0.2) is 55.0 Å². The molecule has 0 saturated carbocycles. The molecule has 6 heterocycles. The molecule has 7 rings (SSSR count). The topological polar surface area (TPSA) is 105 Å². The van der Waals surface area contributed by atoms with Gasteiger partial charge in [0.25, 0.3) is 0 Å². The van der Waals surface area contributed by atoms with E-state index in [2.05, 4.69) is 48.7 Å². The first kappa shape index (κ1) is 18.9. The van der Waals surface area contributed by atoms with Crippen molar-refractivity contribution < 1.29 is 5.11 Å². The standard InChI is InChI=1S/C25H25N7O/c33-25-20(9-14(11-28-25)18-5-7-26-23-19(18)6-8-27-23)24-30-21-4-3-17(10-22(21)31-24)32-12-15-1-2-16(13-32)29-15/h3-11,15-16,25,28-29,33H,1-2,12-13H2,(H,26,27)(H,30,31). The van der Waals surface area contributed by atoms with Crippen LogP contribution in [0, 0.1) is 0 Å². The summed E-state index contributed by atoms with van der Waals surface area (Å²) in [4.78, 5) is 18.3. The van der Waals surface area contributed by atoms with Crippen LogP contribution in [0.5, 0.6) is 0 Å². The van der Waals surface area contributed by atoms with Gasteiger partial charge in [0.1, 0.15) is 11.5 Å². The molecule has 0 spiro atoms. The molecule has 8 nitrogen and oxygen atoms in total. The Labute approximate surface area is 190 Å². The first-order valence-electron chi connectivity index (χ1n) is 11.5. The number of piperazine rings is 1. The normalized spacial score (nSPS) is 24.8. The van der Waals surface area contributed by atoms with Crippen LogP contribution >= 0.6 is 0 Å². The molecule has 2 bridgehead atoms. The van der Waals surface area contributed by atoms with Crippen molar-refractivity contribution in [2.45, 2.75) is 31.2 Å². The van der Waals surface area contributed by atoms with Crippen molar-refractivity contribution in [1.82, 2.24) is 30.6 Å². The van der Waals surface area contributed by atoms with Gasteiger partial charge in [0.05, 0.1) is 11.0 Å². The molecule has 2 fully saturated rings. The largest absolute Gasteiger partial charge is 0.369 e. The molecule has 33 heavy (non-hydrogen) atoms. The Bertz CT molecular complexity index is 1420. The van der Waals surface area contributed by atoms with Gasteiger partial charge < -0.3 is 30.6 Å². The monoisotopic (exact) mass is 439 g/mol. The first-order chi connectivity index (χ1) is 16.2. The van der Waals surface area contributed by atoms with E-state index in [1.165, 1.54) is 18.5 Å². The molecule has 3 atom stereocenters. The fraction of sp³-hybridized carbons (Fsp3) is 0.280. The molecule has 5 N–H and O–H groups in total. The highest BCUT2D eigenvalue weighted by Crippen LogP contribution is 2.32. The molecule has 0 radical (unpaired) electrons. The summed E-state index contributed by atoms with van der Waals surface area (Å²) in [6.45, 7) is 2.08. The lowest BCUT2D eigenvalue weighted by Gasteiger charge is -2.34. The number of allylic oxidation sites excluding steroid dienone is 2. The number of hydrogen-bond acceptors (Lipinski definition) is 6. The third-order valence-corrected chi connectivity index (χ3v) is 7.10. The van der Waals surface area contributed by atoms with Gasteiger partial charge in [-0.3, -0.25) is 0 Å².